The zero-order valence-corrected chi connectivity index (χ0v) is 10.7. The first-order chi connectivity index (χ1) is 7.70. The molecule has 3 nitrogen and oxygen atoms in total. The zero-order valence-electron chi connectivity index (χ0n) is 10.7. The molecule has 2 rings (SSSR count). The normalized spacial score (nSPS) is 42.2. The van der Waals surface area contributed by atoms with Crippen LogP contribution in [0.15, 0.2) is 0 Å². The van der Waals surface area contributed by atoms with Crippen molar-refractivity contribution >= 4 is 0 Å². The fraction of sp³-hybridized carbons (Fsp3) is 1.00. The van der Waals surface area contributed by atoms with E-state index < -0.39 is 0 Å². The molecular formula is C13H26N2O. The molecule has 1 aliphatic carbocycles. The monoisotopic (exact) mass is 226 g/mol. The van der Waals surface area contributed by atoms with Gasteiger partial charge < -0.3 is 10.4 Å². The van der Waals surface area contributed by atoms with Crippen LogP contribution in [0.2, 0.25) is 0 Å². The van der Waals surface area contributed by atoms with E-state index >= 15 is 0 Å². The number of piperidine rings is 1. The molecule has 0 spiro atoms. The maximum Gasteiger partial charge on any atom is 0.0590 e. The Bertz CT molecular complexity index is 214. The number of aliphatic hydroxyl groups excluding tert-OH is 1. The molecule has 1 aliphatic heterocycles. The van der Waals surface area contributed by atoms with Gasteiger partial charge in [0.05, 0.1) is 6.10 Å². The summed E-state index contributed by atoms with van der Waals surface area (Å²) in [5, 5.41) is 13.1. The lowest BCUT2D eigenvalue weighted by Crippen LogP contribution is -2.49. The van der Waals surface area contributed by atoms with Crippen LogP contribution >= 0.6 is 0 Å². The van der Waals surface area contributed by atoms with Gasteiger partial charge in [0, 0.05) is 25.2 Å². The summed E-state index contributed by atoms with van der Waals surface area (Å²) in [5.74, 6) is 0.454. The van der Waals surface area contributed by atoms with Crippen LogP contribution < -0.4 is 5.32 Å². The van der Waals surface area contributed by atoms with Gasteiger partial charge in [0.15, 0.2) is 0 Å². The van der Waals surface area contributed by atoms with Gasteiger partial charge in [-0.25, -0.2) is 0 Å². The van der Waals surface area contributed by atoms with Gasteiger partial charge in [-0.2, -0.15) is 0 Å². The summed E-state index contributed by atoms with van der Waals surface area (Å²) in [4.78, 5) is 2.61. The summed E-state index contributed by atoms with van der Waals surface area (Å²) in [7, 11) is 2.07. The minimum atomic E-state index is -0.0649. The zero-order chi connectivity index (χ0) is 11.5. The molecule has 0 bridgehead atoms. The molecule has 0 aromatic rings. The number of aliphatic hydroxyl groups is 1. The first kappa shape index (κ1) is 12.3. The van der Waals surface area contributed by atoms with E-state index in [2.05, 4.69) is 24.2 Å². The molecule has 1 heterocycles. The molecule has 2 atom stereocenters. The lowest BCUT2D eigenvalue weighted by atomic mass is 9.87. The average molecular weight is 226 g/mol. The molecule has 16 heavy (non-hydrogen) atoms. The number of nitrogens with one attached hydrogen (secondary N) is 1. The highest BCUT2D eigenvalue weighted by Gasteiger charge is 2.30. The largest absolute Gasteiger partial charge is 0.393 e. The molecule has 2 N–H and O–H groups in total. The Labute approximate surface area is 99.2 Å². The van der Waals surface area contributed by atoms with E-state index in [4.69, 9.17) is 0 Å². The lowest BCUT2D eigenvalue weighted by molar-refractivity contribution is 0.00825. The van der Waals surface area contributed by atoms with Crippen LogP contribution in [-0.2, 0) is 0 Å². The highest BCUT2D eigenvalue weighted by atomic mass is 16.3. The smallest absolute Gasteiger partial charge is 0.0590 e. The first-order valence-electron chi connectivity index (χ1n) is 6.80. The second-order valence-corrected chi connectivity index (χ2v) is 5.62. The predicted octanol–water partition coefficient (Wildman–Crippen LogP) is 1.22. The number of hydrogen-bond acceptors (Lipinski definition) is 3. The Morgan fingerprint density at radius 3 is 2.38 bits per heavy atom. The first-order valence-corrected chi connectivity index (χ1v) is 6.80. The minimum Gasteiger partial charge on any atom is -0.393 e. The Kier molecular flexibility index (Phi) is 4.22. The van der Waals surface area contributed by atoms with E-state index in [9.17, 15) is 5.11 Å². The maximum atomic E-state index is 9.74. The standard InChI is InChI=1S/C13H26N2O/c1-10-9-15(8-7-13(10)16)12-5-3-11(14-2)4-6-12/h10-14,16H,3-9H2,1-2H3. The van der Waals surface area contributed by atoms with Crippen LogP contribution in [0.4, 0.5) is 0 Å². The van der Waals surface area contributed by atoms with Crippen molar-refractivity contribution < 1.29 is 5.11 Å². The molecule has 1 saturated heterocycles. The van der Waals surface area contributed by atoms with Crippen molar-refractivity contribution in [1.82, 2.24) is 10.2 Å². The van der Waals surface area contributed by atoms with Crippen molar-refractivity contribution in [2.75, 3.05) is 20.1 Å². The summed E-state index contributed by atoms with van der Waals surface area (Å²) < 4.78 is 0. The topological polar surface area (TPSA) is 35.5 Å². The van der Waals surface area contributed by atoms with Crippen LogP contribution in [0, 0.1) is 5.92 Å². The molecule has 0 aromatic heterocycles. The molecule has 0 radical (unpaired) electrons. The fourth-order valence-corrected chi connectivity index (χ4v) is 3.23. The average Bonchev–Trinajstić information content (AvgIpc) is 2.33. The SMILES string of the molecule is CNC1CCC(N2CCC(O)C(C)C2)CC1. The van der Waals surface area contributed by atoms with Gasteiger partial charge in [-0.1, -0.05) is 6.92 Å². The number of nitrogens with zero attached hydrogens (tertiary/aromatic N) is 1. The maximum absolute atomic E-state index is 9.74. The summed E-state index contributed by atoms with van der Waals surface area (Å²) in [6, 6.07) is 1.52. The van der Waals surface area contributed by atoms with Gasteiger partial charge in [-0.05, 0) is 45.1 Å². The van der Waals surface area contributed by atoms with Crippen molar-refractivity contribution in [3.63, 3.8) is 0 Å². The highest BCUT2D eigenvalue weighted by Crippen LogP contribution is 2.27. The van der Waals surface area contributed by atoms with E-state index in [1.54, 1.807) is 0 Å². The van der Waals surface area contributed by atoms with Gasteiger partial charge in [0.1, 0.15) is 0 Å². The molecule has 2 fully saturated rings. The number of hydrogen-bond donors (Lipinski definition) is 2. The van der Waals surface area contributed by atoms with Crippen molar-refractivity contribution in [3.05, 3.63) is 0 Å². The Balaban J connectivity index is 1.81. The van der Waals surface area contributed by atoms with Crippen LogP contribution in [0.1, 0.15) is 39.0 Å². The Morgan fingerprint density at radius 1 is 1.12 bits per heavy atom. The second kappa shape index (κ2) is 5.48. The van der Waals surface area contributed by atoms with Gasteiger partial charge in [-0.3, -0.25) is 4.90 Å². The summed E-state index contributed by atoms with van der Waals surface area (Å²) in [6.45, 7) is 4.37. The summed E-state index contributed by atoms with van der Waals surface area (Å²) in [6.07, 6.45) is 6.18. The third-order valence-corrected chi connectivity index (χ3v) is 4.51. The van der Waals surface area contributed by atoms with E-state index in [0.29, 0.717) is 5.92 Å². The van der Waals surface area contributed by atoms with Crippen molar-refractivity contribution in [2.24, 2.45) is 5.92 Å². The molecule has 3 heteroatoms. The molecule has 2 aliphatic rings. The second-order valence-electron chi connectivity index (χ2n) is 5.62. The van der Waals surface area contributed by atoms with E-state index in [1.807, 2.05) is 0 Å². The molecule has 2 unspecified atom stereocenters. The summed E-state index contributed by atoms with van der Waals surface area (Å²) in [5.41, 5.74) is 0. The molecule has 0 aromatic carbocycles. The van der Waals surface area contributed by atoms with Crippen LogP contribution in [0.25, 0.3) is 0 Å². The third-order valence-electron chi connectivity index (χ3n) is 4.51. The van der Waals surface area contributed by atoms with Gasteiger partial charge in [-0.15, -0.1) is 0 Å². The third kappa shape index (κ3) is 2.76. The Hall–Kier alpha value is -0.120. The fourth-order valence-electron chi connectivity index (χ4n) is 3.23. The molecule has 94 valence electrons. The highest BCUT2D eigenvalue weighted by molar-refractivity contribution is 4.86. The van der Waals surface area contributed by atoms with Crippen LogP contribution in [0.5, 0.6) is 0 Å². The van der Waals surface area contributed by atoms with Gasteiger partial charge >= 0.3 is 0 Å². The van der Waals surface area contributed by atoms with E-state index in [1.165, 1.54) is 25.7 Å². The van der Waals surface area contributed by atoms with Crippen LogP contribution in [-0.4, -0.2) is 48.3 Å². The molecular weight excluding hydrogens is 200 g/mol. The number of rotatable bonds is 2. The Morgan fingerprint density at radius 2 is 1.81 bits per heavy atom. The minimum absolute atomic E-state index is 0.0649. The molecule has 1 saturated carbocycles. The predicted molar refractivity (Wildman–Crippen MR) is 66.5 cm³/mol. The number of likely N-dealkylation sites (tertiary alicyclic amines) is 1. The van der Waals surface area contributed by atoms with Crippen molar-refractivity contribution in [3.8, 4) is 0 Å². The van der Waals surface area contributed by atoms with E-state index in [-0.39, 0.29) is 6.10 Å². The molecule has 0 amide bonds. The van der Waals surface area contributed by atoms with E-state index in [0.717, 1.165) is 31.6 Å². The van der Waals surface area contributed by atoms with Crippen LogP contribution in [0.3, 0.4) is 0 Å². The van der Waals surface area contributed by atoms with Crippen molar-refractivity contribution in [1.29, 1.82) is 0 Å². The lowest BCUT2D eigenvalue weighted by Gasteiger charge is -2.42. The quantitative estimate of drug-likeness (QED) is 0.743. The van der Waals surface area contributed by atoms with Gasteiger partial charge in [0.25, 0.3) is 0 Å². The summed E-state index contributed by atoms with van der Waals surface area (Å²) >= 11 is 0. The van der Waals surface area contributed by atoms with Gasteiger partial charge in [0.2, 0.25) is 0 Å². The van der Waals surface area contributed by atoms with Crippen molar-refractivity contribution in [2.45, 2.75) is 57.2 Å².